The molecule has 0 aliphatic heterocycles. The Balaban J connectivity index is 1.77. The van der Waals surface area contributed by atoms with Crippen molar-refractivity contribution in [3.63, 3.8) is 0 Å². The molecule has 0 fully saturated rings. The second kappa shape index (κ2) is 15.4. The number of carbonyl (C=O) groups excluding carboxylic acids is 2. The molecule has 0 saturated carbocycles. The van der Waals surface area contributed by atoms with Gasteiger partial charge in [-0.3, -0.25) is 18.0 Å². The van der Waals surface area contributed by atoms with E-state index >= 15 is 0 Å². The number of methoxy groups -OCH3 is 1. The molecular weight excluding hydrogens is 604 g/mol. The zero-order chi connectivity index (χ0) is 31.5. The number of hydrogen-bond donors (Lipinski definition) is 3. The van der Waals surface area contributed by atoms with Gasteiger partial charge >= 0.3 is 5.97 Å². The van der Waals surface area contributed by atoms with Gasteiger partial charge in [0.2, 0.25) is 5.91 Å². The molecule has 3 N–H and O–H groups in total. The van der Waals surface area contributed by atoms with Crippen LogP contribution in [0.15, 0.2) is 78.9 Å². The molecule has 0 spiro atoms. The van der Waals surface area contributed by atoms with Gasteiger partial charge in [-0.25, -0.2) is 4.79 Å². The fourth-order valence-electron chi connectivity index (χ4n) is 3.73. The Labute approximate surface area is 249 Å². The van der Waals surface area contributed by atoms with Gasteiger partial charge in [-0.15, -0.1) is 0 Å². The average Bonchev–Trinajstić information content (AvgIpc) is 2.94. The number of amides is 2. The highest BCUT2D eigenvalue weighted by Gasteiger charge is 2.25. The molecule has 3 aromatic rings. The first-order valence-corrected chi connectivity index (χ1v) is 15.8. The van der Waals surface area contributed by atoms with E-state index in [1.165, 1.54) is 13.2 Å². The molecular formula is C28H30N2O11S2. The quantitative estimate of drug-likeness (QED) is 0.196. The monoisotopic (exact) mass is 634 g/mol. The minimum atomic E-state index is -4.28. The molecule has 43 heavy (non-hydrogen) atoms. The van der Waals surface area contributed by atoms with Gasteiger partial charge in [-0.2, -0.15) is 16.8 Å². The summed E-state index contributed by atoms with van der Waals surface area (Å²) in [5, 5.41) is 14.3. The number of ether oxygens (including phenoxy) is 1. The molecule has 1 atom stereocenters. The number of aromatic carboxylic acids is 1. The van der Waals surface area contributed by atoms with Crippen molar-refractivity contribution in [1.29, 1.82) is 0 Å². The summed E-state index contributed by atoms with van der Waals surface area (Å²) in [5.41, 5.74) is 0.360. The third-order valence-corrected chi connectivity index (χ3v) is 8.01. The van der Waals surface area contributed by atoms with E-state index in [0.29, 0.717) is 11.1 Å². The van der Waals surface area contributed by atoms with Gasteiger partial charge in [-0.1, -0.05) is 60.7 Å². The Hall–Kier alpha value is -4.15. The highest BCUT2D eigenvalue weighted by Crippen LogP contribution is 2.17. The minimum absolute atomic E-state index is 0.000627. The maximum Gasteiger partial charge on any atom is 0.335 e. The minimum Gasteiger partial charge on any atom is -0.478 e. The van der Waals surface area contributed by atoms with Crippen molar-refractivity contribution in [1.82, 2.24) is 5.32 Å². The summed E-state index contributed by atoms with van der Waals surface area (Å²) in [7, 11) is -7.16. The number of carboxylic acid groups (broad SMARTS) is 1. The molecule has 0 heterocycles. The van der Waals surface area contributed by atoms with E-state index in [2.05, 4.69) is 10.6 Å². The van der Waals surface area contributed by atoms with Crippen LogP contribution in [0, 0.1) is 0 Å². The first-order chi connectivity index (χ1) is 20.4. The van der Waals surface area contributed by atoms with Gasteiger partial charge in [0.15, 0.2) is 0 Å². The highest BCUT2D eigenvalue weighted by atomic mass is 32.2. The van der Waals surface area contributed by atoms with Crippen LogP contribution in [0.3, 0.4) is 0 Å². The summed E-state index contributed by atoms with van der Waals surface area (Å²) in [6.07, 6.45) is -1.48. The largest absolute Gasteiger partial charge is 0.478 e. The molecule has 2 amide bonds. The normalized spacial score (nSPS) is 12.3. The van der Waals surface area contributed by atoms with Crippen LogP contribution in [0.25, 0.3) is 0 Å². The van der Waals surface area contributed by atoms with E-state index in [0.717, 1.165) is 12.1 Å². The summed E-state index contributed by atoms with van der Waals surface area (Å²) in [5.74, 6) is -3.83. The third kappa shape index (κ3) is 11.6. The van der Waals surface area contributed by atoms with Crippen molar-refractivity contribution >= 4 is 43.7 Å². The third-order valence-electron chi connectivity index (χ3n) is 5.58. The second-order valence-corrected chi connectivity index (χ2v) is 12.4. The lowest BCUT2D eigenvalue weighted by atomic mass is 10.1. The van der Waals surface area contributed by atoms with Crippen molar-refractivity contribution < 1.29 is 49.4 Å². The zero-order valence-corrected chi connectivity index (χ0v) is 24.6. The van der Waals surface area contributed by atoms with Gasteiger partial charge in [0.1, 0.15) is 24.2 Å². The number of carboxylic acids is 1. The molecule has 1 unspecified atom stereocenters. The number of nitrogens with one attached hydrogen (secondary N) is 2. The number of anilines is 1. The standard InChI is InChI=1S/C28H30N2O11S2/c1-39-17-26(31)30-24-13-22(12-23(14-24)28(33)34)27(32)29-15-25(41-43(37,38)19-21-10-6-3-7-11-21)16-40-42(35,36)18-20-8-4-2-5-9-20/h2-14,25H,15-19H2,1H3,(H,29,32)(H,30,31)(H,33,34). The van der Waals surface area contributed by atoms with Crippen molar-refractivity contribution in [3.8, 4) is 0 Å². The van der Waals surface area contributed by atoms with Gasteiger partial charge < -0.3 is 20.5 Å². The lowest BCUT2D eigenvalue weighted by molar-refractivity contribution is -0.119. The topological polar surface area (TPSA) is 191 Å². The molecule has 3 rings (SSSR count). The molecule has 13 nitrogen and oxygen atoms in total. The lowest BCUT2D eigenvalue weighted by Gasteiger charge is -2.19. The van der Waals surface area contributed by atoms with E-state index in [9.17, 15) is 36.3 Å². The van der Waals surface area contributed by atoms with Crippen LogP contribution < -0.4 is 10.6 Å². The van der Waals surface area contributed by atoms with Gasteiger partial charge in [0, 0.05) is 24.9 Å². The van der Waals surface area contributed by atoms with E-state index in [1.807, 2.05) is 0 Å². The Kier molecular flexibility index (Phi) is 11.9. The SMILES string of the molecule is COCC(=O)Nc1cc(C(=O)O)cc(C(=O)NCC(COS(=O)(=O)Cc2ccccc2)OS(=O)(=O)Cc2ccccc2)c1. The van der Waals surface area contributed by atoms with Crippen molar-refractivity contribution in [2.24, 2.45) is 0 Å². The average molecular weight is 635 g/mol. The molecule has 0 aromatic heterocycles. The summed E-state index contributed by atoms with van der Waals surface area (Å²) in [6, 6.07) is 19.7. The number of benzene rings is 3. The Morgan fingerprint density at radius 2 is 1.37 bits per heavy atom. The number of hydrogen-bond acceptors (Lipinski definition) is 10. The van der Waals surface area contributed by atoms with Crippen molar-refractivity contribution in [2.45, 2.75) is 17.6 Å². The summed E-state index contributed by atoms with van der Waals surface area (Å²) >= 11 is 0. The molecule has 230 valence electrons. The molecule has 0 radical (unpaired) electrons. The molecule has 0 bridgehead atoms. The fourth-order valence-corrected chi connectivity index (χ4v) is 5.98. The number of carbonyl (C=O) groups is 3. The first-order valence-electron chi connectivity index (χ1n) is 12.7. The highest BCUT2D eigenvalue weighted by molar-refractivity contribution is 7.86. The second-order valence-electron chi connectivity index (χ2n) is 9.17. The Morgan fingerprint density at radius 3 is 1.93 bits per heavy atom. The molecule has 0 aliphatic carbocycles. The van der Waals surface area contributed by atoms with Crippen molar-refractivity contribution in [3.05, 3.63) is 101 Å². The first kappa shape index (κ1) is 33.4. The van der Waals surface area contributed by atoms with Crippen LogP contribution in [0.2, 0.25) is 0 Å². The van der Waals surface area contributed by atoms with Crippen LogP contribution in [-0.2, 0) is 49.6 Å². The smallest absolute Gasteiger partial charge is 0.335 e. The molecule has 3 aromatic carbocycles. The molecule has 0 aliphatic rings. The van der Waals surface area contributed by atoms with E-state index in [4.69, 9.17) is 13.1 Å². The zero-order valence-electron chi connectivity index (χ0n) is 23.0. The van der Waals surface area contributed by atoms with Crippen LogP contribution in [0.1, 0.15) is 31.8 Å². The maximum atomic E-state index is 13.0. The predicted molar refractivity (Wildman–Crippen MR) is 155 cm³/mol. The Bertz CT molecular complexity index is 1630. The predicted octanol–water partition coefficient (Wildman–Crippen LogP) is 2.16. The van der Waals surface area contributed by atoms with Gasteiger partial charge in [0.25, 0.3) is 26.1 Å². The van der Waals surface area contributed by atoms with Gasteiger partial charge in [-0.05, 0) is 29.3 Å². The van der Waals surface area contributed by atoms with Crippen LogP contribution in [0.4, 0.5) is 5.69 Å². The molecule has 15 heteroatoms. The fraction of sp³-hybridized carbons (Fsp3) is 0.250. The van der Waals surface area contributed by atoms with E-state index < -0.39 is 68.8 Å². The number of rotatable bonds is 16. The van der Waals surface area contributed by atoms with Crippen LogP contribution in [0.5, 0.6) is 0 Å². The van der Waals surface area contributed by atoms with Crippen molar-refractivity contribution in [2.75, 3.05) is 32.2 Å². The summed E-state index contributed by atoms with van der Waals surface area (Å²) in [4.78, 5) is 36.5. The van der Waals surface area contributed by atoms with Crippen LogP contribution >= 0.6 is 0 Å². The van der Waals surface area contributed by atoms with Crippen LogP contribution in [-0.4, -0.2) is 72.7 Å². The lowest BCUT2D eigenvalue weighted by Crippen LogP contribution is -2.38. The summed E-state index contributed by atoms with van der Waals surface area (Å²) < 4.78 is 65.8. The maximum absolute atomic E-state index is 13.0. The van der Waals surface area contributed by atoms with E-state index in [-0.39, 0.29) is 23.4 Å². The van der Waals surface area contributed by atoms with Gasteiger partial charge in [0.05, 0.1) is 12.2 Å². The molecule has 0 saturated heterocycles. The van der Waals surface area contributed by atoms with E-state index in [1.54, 1.807) is 60.7 Å². The summed E-state index contributed by atoms with van der Waals surface area (Å²) in [6.45, 7) is -1.60. The Morgan fingerprint density at radius 1 is 0.814 bits per heavy atom.